The zero-order chi connectivity index (χ0) is 10.7. The summed E-state index contributed by atoms with van der Waals surface area (Å²) >= 11 is 0. The molecule has 1 aromatic rings. The second-order valence-electron chi connectivity index (χ2n) is 4.37. The molecule has 1 aliphatic rings. The van der Waals surface area contributed by atoms with Crippen molar-refractivity contribution in [2.45, 2.75) is 39.2 Å². The summed E-state index contributed by atoms with van der Waals surface area (Å²) in [5.41, 5.74) is 2.58. The molecule has 2 nitrogen and oxygen atoms in total. The van der Waals surface area contributed by atoms with Crippen molar-refractivity contribution in [2.75, 3.05) is 13.1 Å². The molecule has 0 spiro atoms. The van der Waals surface area contributed by atoms with Gasteiger partial charge in [-0.2, -0.15) is 0 Å². The lowest BCUT2D eigenvalue weighted by molar-refractivity contribution is 0.157. The van der Waals surface area contributed by atoms with Crippen LogP contribution in [0.2, 0.25) is 0 Å². The van der Waals surface area contributed by atoms with E-state index in [1.165, 1.54) is 31.4 Å². The van der Waals surface area contributed by atoms with Gasteiger partial charge in [0.25, 0.3) is 0 Å². The summed E-state index contributed by atoms with van der Waals surface area (Å²) in [5, 5.41) is 0. The molecule has 2 heterocycles. The Hall–Kier alpha value is -0.890. The lowest BCUT2D eigenvalue weighted by Crippen LogP contribution is -2.33. The Bertz CT molecular complexity index is 322. The van der Waals surface area contributed by atoms with Gasteiger partial charge in [-0.05, 0) is 50.6 Å². The van der Waals surface area contributed by atoms with E-state index in [1.54, 1.807) is 0 Å². The topological polar surface area (TPSA) is 16.1 Å². The number of rotatable bonds is 2. The van der Waals surface area contributed by atoms with E-state index in [9.17, 15) is 0 Å². The third-order valence-corrected chi connectivity index (χ3v) is 3.33. The normalized spacial score (nSPS) is 22.9. The lowest BCUT2D eigenvalue weighted by atomic mass is 9.95. The van der Waals surface area contributed by atoms with Gasteiger partial charge in [-0.3, -0.25) is 9.88 Å². The fourth-order valence-electron chi connectivity index (χ4n) is 2.52. The Morgan fingerprint density at radius 1 is 1.47 bits per heavy atom. The lowest BCUT2D eigenvalue weighted by Gasteiger charge is -2.35. The predicted octanol–water partition coefficient (Wildman–Crippen LogP) is 2.94. The molecule has 2 rings (SSSR count). The van der Waals surface area contributed by atoms with Crippen molar-refractivity contribution in [1.29, 1.82) is 0 Å². The molecule has 0 aliphatic carbocycles. The zero-order valence-corrected chi connectivity index (χ0v) is 9.74. The van der Waals surface area contributed by atoms with Crippen molar-refractivity contribution in [3.63, 3.8) is 0 Å². The van der Waals surface area contributed by atoms with E-state index in [1.807, 2.05) is 6.20 Å². The van der Waals surface area contributed by atoms with Crippen LogP contribution in [0.5, 0.6) is 0 Å². The molecule has 1 aromatic heterocycles. The summed E-state index contributed by atoms with van der Waals surface area (Å²) in [6.45, 7) is 6.74. The van der Waals surface area contributed by atoms with Crippen LogP contribution in [0.25, 0.3) is 0 Å². The number of nitrogens with zero attached hydrogens (tertiary/aromatic N) is 2. The number of likely N-dealkylation sites (tertiary alicyclic amines) is 1. The molecule has 2 heteroatoms. The molecule has 0 radical (unpaired) electrons. The van der Waals surface area contributed by atoms with Crippen LogP contribution in [0.3, 0.4) is 0 Å². The Kier molecular flexibility index (Phi) is 3.37. The minimum atomic E-state index is 0.630. The van der Waals surface area contributed by atoms with E-state index >= 15 is 0 Å². The molecule has 1 fully saturated rings. The fraction of sp³-hybridized carbons (Fsp3) is 0.615. The monoisotopic (exact) mass is 204 g/mol. The van der Waals surface area contributed by atoms with E-state index in [-0.39, 0.29) is 0 Å². The van der Waals surface area contributed by atoms with Crippen LogP contribution in [0, 0.1) is 6.92 Å². The number of pyridine rings is 1. The number of hydrogen-bond acceptors (Lipinski definition) is 2. The number of aromatic nitrogens is 1. The molecule has 1 aliphatic heterocycles. The van der Waals surface area contributed by atoms with E-state index in [0.29, 0.717) is 6.04 Å². The van der Waals surface area contributed by atoms with Gasteiger partial charge in [0.1, 0.15) is 0 Å². The molecule has 15 heavy (non-hydrogen) atoms. The summed E-state index contributed by atoms with van der Waals surface area (Å²) < 4.78 is 0. The first-order chi connectivity index (χ1) is 7.31. The largest absolute Gasteiger partial charge is 0.297 e. The smallest absolute Gasteiger partial charge is 0.0375 e. The van der Waals surface area contributed by atoms with Crippen molar-refractivity contribution in [1.82, 2.24) is 9.88 Å². The molecule has 0 N–H and O–H groups in total. The van der Waals surface area contributed by atoms with E-state index in [2.05, 4.69) is 35.9 Å². The Morgan fingerprint density at radius 2 is 2.33 bits per heavy atom. The van der Waals surface area contributed by atoms with Crippen LogP contribution in [-0.4, -0.2) is 23.0 Å². The molecule has 0 amide bonds. The van der Waals surface area contributed by atoms with Gasteiger partial charge in [-0.15, -0.1) is 0 Å². The maximum Gasteiger partial charge on any atom is 0.0375 e. The maximum absolute atomic E-state index is 4.27. The van der Waals surface area contributed by atoms with Gasteiger partial charge in [0.15, 0.2) is 0 Å². The molecular formula is C13H20N2. The van der Waals surface area contributed by atoms with Crippen LogP contribution >= 0.6 is 0 Å². The van der Waals surface area contributed by atoms with Gasteiger partial charge in [-0.1, -0.05) is 13.3 Å². The van der Waals surface area contributed by atoms with Crippen LogP contribution in [0.15, 0.2) is 18.3 Å². The first kappa shape index (κ1) is 10.6. The van der Waals surface area contributed by atoms with Crippen molar-refractivity contribution in [3.05, 3.63) is 29.6 Å². The third kappa shape index (κ3) is 2.37. The molecule has 0 aromatic carbocycles. The number of piperidine rings is 1. The van der Waals surface area contributed by atoms with Gasteiger partial charge in [0, 0.05) is 17.9 Å². The molecule has 82 valence electrons. The van der Waals surface area contributed by atoms with Gasteiger partial charge in [-0.25, -0.2) is 0 Å². The van der Waals surface area contributed by atoms with E-state index in [0.717, 1.165) is 12.2 Å². The van der Waals surface area contributed by atoms with Crippen molar-refractivity contribution in [2.24, 2.45) is 0 Å². The average molecular weight is 204 g/mol. The van der Waals surface area contributed by atoms with Crippen LogP contribution in [0.4, 0.5) is 0 Å². The van der Waals surface area contributed by atoms with Gasteiger partial charge in [0.05, 0.1) is 0 Å². The number of hydrogen-bond donors (Lipinski definition) is 0. The minimum Gasteiger partial charge on any atom is -0.297 e. The minimum absolute atomic E-state index is 0.630. The quantitative estimate of drug-likeness (QED) is 0.736. The Balaban J connectivity index is 2.20. The van der Waals surface area contributed by atoms with Crippen molar-refractivity contribution in [3.8, 4) is 0 Å². The first-order valence-electron chi connectivity index (χ1n) is 5.98. The predicted molar refractivity (Wildman–Crippen MR) is 62.8 cm³/mol. The number of aryl methyl sites for hydroxylation is 1. The van der Waals surface area contributed by atoms with E-state index in [4.69, 9.17) is 0 Å². The highest BCUT2D eigenvalue weighted by Crippen LogP contribution is 2.30. The summed E-state index contributed by atoms with van der Waals surface area (Å²) in [6, 6.07) is 5.04. The zero-order valence-electron chi connectivity index (χ0n) is 9.74. The van der Waals surface area contributed by atoms with Crippen molar-refractivity contribution >= 4 is 0 Å². The molecule has 1 saturated heterocycles. The van der Waals surface area contributed by atoms with Crippen LogP contribution in [0.1, 0.15) is 43.5 Å². The Morgan fingerprint density at radius 3 is 3.07 bits per heavy atom. The van der Waals surface area contributed by atoms with Crippen LogP contribution < -0.4 is 0 Å². The summed E-state index contributed by atoms with van der Waals surface area (Å²) in [6.07, 6.45) is 5.96. The van der Waals surface area contributed by atoms with Crippen molar-refractivity contribution < 1.29 is 0 Å². The summed E-state index contributed by atoms with van der Waals surface area (Å²) in [7, 11) is 0. The second-order valence-corrected chi connectivity index (χ2v) is 4.37. The third-order valence-electron chi connectivity index (χ3n) is 3.33. The van der Waals surface area contributed by atoms with E-state index < -0.39 is 0 Å². The first-order valence-corrected chi connectivity index (χ1v) is 5.98. The van der Waals surface area contributed by atoms with Gasteiger partial charge < -0.3 is 0 Å². The maximum atomic E-state index is 4.27. The SMILES string of the molecule is CCN1CCCCC1c1ccnc(C)c1. The Labute approximate surface area is 92.3 Å². The fourth-order valence-corrected chi connectivity index (χ4v) is 2.52. The second kappa shape index (κ2) is 4.75. The molecule has 0 saturated carbocycles. The summed E-state index contributed by atoms with van der Waals surface area (Å²) in [5.74, 6) is 0. The van der Waals surface area contributed by atoms with Crippen LogP contribution in [-0.2, 0) is 0 Å². The highest BCUT2D eigenvalue weighted by molar-refractivity contribution is 5.20. The summed E-state index contributed by atoms with van der Waals surface area (Å²) in [4.78, 5) is 6.85. The molecule has 1 atom stereocenters. The molecule has 1 unspecified atom stereocenters. The molecular weight excluding hydrogens is 184 g/mol. The highest BCUT2D eigenvalue weighted by atomic mass is 15.2. The average Bonchev–Trinajstić information content (AvgIpc) is 2.29. The molecule has 0 bridgehead atoms. The van der Waals surface area contributed by atoms with Gasteiger partial charge in [0.2, 0.25) is 0 Å². The van der Waals surface area contributed by atoms with Gasteiger partial charge >= 0.3 is 0 Å². The standard InChI is InChI=1S/C13H20N2/c1-3-15-9-5-4-6-13(15)12-7-8-14-11(2)10-12/h7-8,10,13H,3-6,9H2,1-2H3. The highest BCUT2D eigenvalue weighted by Gasteiger charge is 2.22.